The normalized spacial score (nSPS) is 10.5. The van der Waals surface area contributed by atoms with Gasteiger partial charge in [-0.2, -0.15) is 0 Å². The molecule has 0 atom stereocenters. The first kappa shape index (κ1) is 9.99. The van der Waals surface area contributed by atoms with E-state index in [9.17, 15) is 0 Å². The zero-order valence-corrected chi connectivity index (χ0v) is 8.36. The van der Waals surface area contributed by atoms with Crippen LogP contribution in [0.25, 0.3) is 0 Å². The molecule has 0 spiro atoms. The van der Waals surface area contributed by atoms with E-state index < -0.39 is 0 Å². The lowest BCUT2D eigenvalue weighted by Gasteiger charge is -2.22. The monoisotopic (exact) mass is 180 g/mol. The summed E-state index contributed by atoms with van der Waals surface area (Å²) < 4.78 is 0. The van der Waals surface area contributed by atoms with E-state index in [0.717, 1.165) is 11.4 Å². The van der Waals surface area contributed by atoms with Crippen molar-refractivity contribution in [2.24, 2.45) is 0 Å². The summed E-state index contributed by atoms with van der Waals surface area (Å²) in [4.78, 5) is 6.29. The summed E-state index contributed by atoms with van der Waals surface area (Å²) in [5.41, 5.74) is 0.900. The highest BCUT2D eigenvalue weighted by Gasteiger charge is 2.05. The van der Waals surface area contributed by atoms with Crippen molar-refractivity contribution in [3.05, 3.63) is 23.9 Å². The molecule has 1 aromatic heterocycles. The lowest BCUT2D eigenvalue weighted by molar-refractivity contribution is 0.281. The number of pyridine rings is 1. The van der Waals surface area contributed by atoms with Crippen LogP contribution in [-0.2, 0) is 6.61 Å². The molecule has 1 aromatic rings. The van der Waals surface area contributed by atoms with Crippen LogP contribution in [0.5, 0.6) is 0 Å². The molecule has 0 aliphatic heterocycles. The van der Waals surface area contributed by atoms with Gasteiger partial charge in [0.25, 0.3) is 0 Å². The summed E-state index contributed by atoms with van der Waals surface area (Å²) in [5, 5.41) is 8.94. The van der Waals surface area contributed by atoms with Crippen molar-refractivity contribution < 1.29 is 5.11 Å². The van der Waals surface area contributed by atoms with E-state index in [-0.39, 0.29) is 6.61 Å². The molecule has 1 rings (SSSR count). The third-order valence-electron chi connectivity index (χ3n) is 2.13. The van der Waals surface area contributed by atoms with Crippen LogP contribution in [0.15, 0.2) is 18.3 Å². The summed E-state index contributed by atoms with van der Waals surface area (Å²) >= 11 is 0. The van der Waals surface area contributed by atoms with Gasteiger partial charge in [0, 0.05) is 19.3 Å². The van der Waals surface area contributed by atoms with E-state index in [0.29, 0.717) is 6.04 Å². The molecule has 0 aliphatic carbocycles. The quantitative estimate of drug-likeness (QED) is 0.764. The maximum absolute atomic E-state index is 8.94. The van der Waals surface area contributed by atoms with Crippen LogP contribution in [0.4, 0.5) is 5.82 Å². The third kappa shape index (κ3) is 2.42. The number of rotatable bonds is 3. The zero-order valence-electron chi connectivity index (χ0n) is 8.36. The summed E-state index contributed by atoms with van der Waals surface area (Å²) in [7, 11) is 1.99. The zero-order chi connectivity index (χ0) is 9.84. The smallest absolute Gasteiger partial charge is 0.128 e. The molecule has 72 valence electrons. The second-order valence-corrected chi connectivity index (χ2v) is 3.39. The van der Waals surface area contributed by atoms with Crippen molar-refractivity contribution in [1.82, 2.24) is 4.98 Å². The van der Waals surface area contributed by atoms with Gasteiger partial charge in [0.2, 0.25) is 0 Å². The van der Waals surface area contributed by atoms with Crippen LogP contribution in [0.3, 0.4) is 0 Å². The highest BCUT2D eigenvalue weighted by Crippen LogP contribution is 2.13. The van der Waals surface area contributed by atoms with Crippen LogP contribution < -0.4 is 4.90 Å². The van der Waals surface area contributed by atoms with Gasteiger partial charge < -0.3 is 10.0 Å². The fourth-order valence-corrected chi connectivity index (χ4v) is 1.02. The number of aliphatic hydroxyl groups excluding tert-OH is 1. The van der Waals surface area contributed by atoms with E-state index >= 15 is 0 Å². The molecular formula is C10H16N2O. The first-order valence-electron chi connectivity index (χ1n) is 4.43. The Labute approximate surface area is 79.0 Å². The van der Waals surface area contributed by atoms with E-state index in [1.54, 1.807) is 6.20 Å². The van der Waals surface area contributed by atoms with Crippen LogP contribution in [0.1, 0.15) is 19.4 Å². The topological polar surface area (TPSA) is 36.4 Å². The lowest BCUT2D eigenvalue weighted by atomic mass is 10.2. The molecule has 1 N–H and O–H groups in total. The standard InChI is InChI=1S/C10H16N2O/c1-8(2)12(3)10-6-9(7-13)4-5-11-10/h4-6,8,13H,7H2,1-3H3. The molecule has 0 saturated carbocycles. The SMILES string of the molecule is CC(C)N(C)c1cc(CO)ccn1. The largest absolute Gasteiger partial charge is 0.392 e. The fourth-order valence-electron chi connectivity index (χ4n) is 1.02. The van der Waals surface area contributed by atoms with Crippen molar-refractivity contribution in [2.45, 2.75) is 26.5 Å². The molecule has 1 heterocycles. The average molecular weight is 180 g/mol. The van der Waals surface area contributed by atoms with Crippen molar-refractivity contribution in [3.63, 3.8) is 0 Å². The van der Waals surface area contributed by atoms with Gasteiger partial charge in [0.1, 0.15) is 5.82 Å². The Kier molecular flexibility index (Phi) is 3.25. The fraction of sp³-hybridized carbons (Fsp3) is 0.500. The van der Waals surface area contributed by atoms with Gasteiger partial charge >= 0.3 is 0 Å². The van der Waals surface area contributed by atoms with E-state index in [4.69, 9.17) is 5.11 Å². The second kappa shape index (κ2) is 4.23. The van der Waals surface area contributed by atoms with Crippen LogP contribution >= 0.6 is 0 Å². The predicted octanol–water partition coefficient (Wildman–Crippen LogP) is 1.42. The van der Waals surface area contributed by atoms with Gasteiger partial charge in [-0.15, -0.1) is 0 Å². The summed E-state index contributed by atoms with van der Waals surface area (Å²) in [5.74, 6) is 0.904. The first-order valence-corrected chi connectivity index (χ1v) is 4.43. The number of anilines is 1. The van der Waals surface area contributed by atoms with Crippen molar-refractivity contribution in [3.8, 4) is 0 Å². The average Bonchev–Trinajstić information content (AvgIpc) is 2.16. The Balaban J connectivity index is 2.88. The Morgan fingerprint density at radius 2 is 2.23 bits per heavy atom. The predicted molar refractivity (Wildman–Crippen MR) is 53.7 cm³/mol. The molecule has 0 bridgehead atoms. The highest BCUT2D eigenvalue weighted by atomic mass is 16.3. The molecule has 3 heteroatoms. The van der Waals surface area contributed by atoms with Gasteiger partial charge in [-0.1, -0.05) is 0 Å². The second-order valence-electron chi connectivity index (χ2n) is 3.39. The van der Waals surface area contributed by atoms with Crippen LogP contribution in [0, 0.1) is 0 Å². The van der Waals surface area contributed by atoms with E-state index in [1.165, 1.54) is 0 Å². The van der Waals surface area contributed by atoms with Gasteiger partial charge in [-0.05, 0) is 31.5 Å². The maximum Gasteiger partial charge on any atom is 0.128 e. The lowest BCUT2D eigenvalue weighted by Crippen LogP contribution is -2.26. The minimum absolute atomic E-state index is 0.0709. The first-order chi connectivity index (χ1) is 6.15. The van der Waals surface area contributed by atoms with E-state index in [1.807, 2.05) is 19.2 Å². The van der Waals surface area contributed by atoms with E-state index in [2.05, 4.69) is 23.7 Å². The number of nitrogens with zero attached hydrogens (tertiary/aromatic N) is 2. The molecule has 0 aromatic carbocycles. The molecule has 13 heavy (non-hydrogen) atoms. The maximum atomic E-state index is 8.94. The number of aromatic nitrogens is 1. The molecule has 0 saturated heterocycles. The van der Waals surface area contributed by atoms with Gasteiger partial charge in [-0.3, -0.25) is 0 Å². The molecule has 0 amide bonds. The minimum atomic E-state index is 0.0709. The molecule has 3 nitrogen and oxygen atoms in total. The van der Waals surface area contributed by atoms with Crippen molar-refractivity contribution >= 4 is 5.82 Å². The van der Waals surface area contributed by atoms with Gasteiger partial charge in [-0.25, -0.2) is 4.98 Å². The molecular weight excluding hydrogens is 164 g/mol. The highest BCUT2D eigenvalue weighted by molar-refractivity contribution is 5.40. The van der Waals surface area contributed by atoms with Gasteiger partial charge in [0.05, 0.1) is 6.61 Å². The van der Waals surface area contributed by atoms with Crippen molar-refractivity contribution in [1.29, 1.82) is 0 Å². The molecule has 0 unspecified atom stereocenters. The summed E-state index contributed by atoms with van der Waals surface area (Å²) in [6.45, 7) is 4.28. The van der Waals surface area contributed by atoms with Gasteiger partial charge in [0.15, 0.2) is 0 Å². The molecule has 0 fully saturated rings. The number of hydrogen-bond donors (Lipinski definition) is 1. The Morgan fingerprint density at radius 1 is 1.54 bits per heavy atom. The van der Waals surface area contributed by atoms with Crippen LogP contribution in [0.2, 0.25) is 0 Å². The minimum Gasteiger partial charge on any atom is -0.392 e. The van der Waals surface area contributed by atoms with Crippen molar-refractivity contribution in [2.75, 3.05) is 11.9 Å². The number of hydrogen-bond acceptors (Lipinski definition) is 3. The Bertz CT molecular complexity index is 273. The summed E-state index contributed by atoms with van der Waals surface area (Å²) in [6.07, 6.45) is 1.72. The Morgan fingerprint density at radius 3 is 2.77 bits per heavy atom. The molecule has 0 aliphatic rings. The number of aliphatic hydroxyl groups is 1. The Hall–Kier alpha value is -1.09. The van der Waals surface area contributed by atoms with Crippen LogP contribution in [-0.4, -0.2) is 23.2 Å². The third-order valence-corrected chi connectivity index (χ3v) is 2.13. The summed E-state index contributed by atoms with van der Waals surface area (Å²) in [6, 6.07) is 4.14. The molecule has 0 radical (unpaired) electrons.